The van der Waals surface area contributed by atoms with E-state index in [4.69, 9.17) is 26.7 Å². The van der Waals surface area contributed by atoms with Crippen molar-refractivity contribution in [3.63, 3.8) is 0 Å². The van der Waals surface area contributed by atoms with E-state index in [2.05, 4.69) is 4.98 Å². The summed E-state index contributed by atoms with van der Waals surface area (Å²) in [5.41, 5.74) is 2.55. The maximum Gasteiger partial charge on any atom is 0.434 e. The molecule has 2 aromatic carbocycles. The Bertz CT molecular complexity index is 1550. The number of hydrogen-bond acceptors (Lipinski definition) is 5. The number of carboxylic acid groups (broad SMARTS) is 1. The molecule has 1 aliphatic heterocycles. The Morgan fingerprint density at radius 3 is 2.46 bits per heavy atom. The third-order valence-electron chi connectivity index (χ3n) is 6.54. The summed E-state index contributed by atoms with van der Waals surface area (Å²) in [4.78, 5) is 38.9. The van der Waals surface area contributed by atoms with Crippen molar-refractivity contribution in [1.29, 1.82) is 0 Å². The van der Waals surface area contributed by atoms with Crippen molar-refractivity contribution in [2.24, 2.45) is 0 Å². The van der Waals surface area contributed by atoms with Crippen molar-refractivity contribution in [3.05, 3.63) is 76.5 Å². The van der Waals surface area contributed by atoms with Gasteiger partial charge in [-0.25, -0.2) is 15.0 Å². The number of nitrogens with zero attached hydrogens (tertiary/aromatic N) is 5. The van der Waals surface area contributed by atoms with Crippen LogP contribution in [-0.4, -0.2) is 47.9 Å². The third kappa shape index (κ3) is 5.88. The van der Waals surface area contributed by atoms with E-state index in [0.29, 0.717) is 52.3 Å². The molecule has 0 spiro atoms. The van der Waals surface area contributed by atoms with Crippen molar-refractivity contribution in [3.8, 4) is 11.3 Å². The highest BCUT2D eigenvalue weighted by Crippen LogP contribution is 2.30. The number of halogens is 4. The van der Waals surface area contributed by atoms with Crippen molar-refractivity contribution < 1.29 is 27.9 Å². The molecule has 0 fully saturated rings. The van der Waals surface area contributed by atoms with Crippen LogP contribution in [0.15, 0.2) is 48.7 Å². The Hall–Kier alpha value is -3.99. The van der Waals surface area contributed by atoms with Gasteiger partial charge in [0, 0.05) is 41.9 Å². The molecular formula is C27H23ClF3N5O3. The number of imidazole rings is 1. The van der Waals surface area contributed by atoms with E-state index in [0.717, 1.165) is 11.8 Å². The summed E-state index contributed by atoms with van der Waals surface area (Å²) in [6.07, 6.45) is -1.97. The van der Waals surface area contributed by atoms with Crippen molar-refractivity contribution >= 4 is 34.5 Å². The third-order valence-corrected chi connectivity index (χ3v) is 6.79. The molecule has 4 aromatic rings. The number of aryl methyl sites for hydroxylation is 1. The minimum atomic E-state index is -4.55. The average molecular weight is 558 g/mol. The maximum absolute atomic E-state index is 13.3. The molecule has 39 heavy (non-hydrogen) atoms. The topological polar surface area (TPSA) is 101 Å². The number of rotatable bonds is 7. The summed E-state index contributed by atoms with van der Waals surface area (Å²) in [5.74, 6) is -1.03. The molecule has 1 N–H and O–H groups in total. The molecular weight excluding hydrogens is 535 g/mol. The highest BCUT2D eigenvalue weighted by molar-refractivity contribution is 6.30. The van der Waals surface area contributed by atoms with Crippen LogP contribution in [0, 0.1) is 0 Å². The van der Waals surface area contributed by atoms with Gasteiger partial charge in [-0.05, 0) is 49.6 Å². The smallest absolute Gasteiger partial charge is 0.434 e. The van der Waals surface area contributed by atoms with Gasteiger partial charge >= 0.3 is 12.1 Å². The van der Waals surface area contributed by atoms with E-state index in [9.17, 15) is 22.8 Å². The summed E-state index contributed by atoms with van der Waals surface area (Å²) in [6.45, 7) is 0.416. The summed E-state index contributed by atoms with van der Waals surface area (Å²) in [6, 6.07) is 12.1. The molecule has 0 saturated carbocycles. The highest BCUT2D eigenvalue weighted by Gasteiger charge is 2.36. The fraction of sp³-hybridized carbons (Fsp3) is 0.296. The predicted molar refractivity (Wildman–Crippen MR) is 137 cm³/mol. The Balaban J connectivity index is 1.43. The van der Waals surface area contributed by atoms with Crippen LogP contribution < -0.4 is 0 Å². The van der Waals surface area contributed by atoms with Gasteiger partial charge in [-0.1, -0.05) is 23.7 Å². The number of aromatic nitrogens is 4. The lowest BCUT2D eigenvalue weighted by Crippen LogP contribution is -2.38. The van der Waals surface area contributed by atoms with E-state index < -0.39 is 17.8 Å². The first kappa shape index (κ1) is 26.6. The SMILES string of the molecule is O=C(O)CCCCc1nc2cc(C(=O)N3CCn4cc(C(F)(F)F)nc4C3)ccc2nc1-c1ccc(Cl)cc1. The standard InChI is InChI=1S/C27H23ClF3N5O3/c28-18-8-5-16(6-9-18)25-20(3-1-2-4-24(37)38)32-21-13-17(7-10-19(21)33-25)26(39)36-12-11-35-14-22(27(29,30)31)34-23(35)15-36/h5-10,13-14H,1-4,11-12,15H2,(H,37,38). The normalized spacial score (nSPS) is 13.5. The monoisotopic (exact) mass is 557 g/mol. The summed E-state index contributed by atoms with van der Waals surface area (Å²) < 4.78 is 40.6. The molecule has 2 aromatic heterocycles. The van der Waals surface area contributed by atoms with Crippen LogP contribution in [0.1, 0.15) is 46.8 Å². The van der Waals surface area contributed by atoms with Gasteiger partial charge in [0.05, 0.1) is 29.0 Å². The second-order valence-electron chi connectivity index (χ2n) is 9.29. The molecule has 1 amide bonds. The van der Waals surface area contributed by atoms with Gasteiger partial charge in [0.1, 0.15) is 5.82 Å². The molecule has 3 heterocycles. The molecule has 5 rings (SSSR count). The van der Waals surface area contributed by atoms with E-state index in [1.54, 1.807) is 30.3 Å². The van der Waals surface area contributed by atoms with Gasteiger partial charge in [-0.15, -0.1) is 0 Å². The number of fused-ring (bicyclic) bond motifs is 2. The van der Waals surface area contributed by atoms with Crippen LogP contribution in [-0.2, 0) is 30.5 Å². The number of amides is 1. The Morgan fingerprint density at radius 2 is 1.74 bits per heavy atom. The quantitative estimate of drug-likeness (QED) is 0.296. The number of alkyl halides is 3. The molecule has 1 aliphatic rings. The van der Waals surface area contributed by atoms with Gasteiger partial charge in [0.2, 0.25) is 0 Å². The van der Waals surface area contributed by atoms with Crippen LogP contribution in [0.2, 0.25) is 5.02 Å². The Morgan fingerprint density at radius 1 is 0.974 bits per heavy atom. The number of carbonyl (C=O) groups is 2. The predicted octanol–water partition coefficient (Wildman–Crippen LogP) is 5.62. The second-order valence-corrected chi connectivity index (χ2v) is 9.73. The second kappa shape index (κ2) is 10.6. The lowest BCUT2D eigenvalue weighted by molar-refractivity contribution is -0.141. The Kier molecular flexibility index (Phi) is 7.26. The van der Waals surface area contributed by atoms with Gasteiger partial charge < -0.3 is 14.6 Å². The van der Waals surface area contributed by atoms with Crippen LogP contribution >= 0.6 is 11.6 Å². The van der Waals surface area contributed by atoms with Crippen LogP contribution in [0.25, 0.3) is 22.3 Å². The van der Waals surface area contributed by atoms with Crippen molar-refractivity contribution in [1.82, 2.24) is 24.4 Å². The molecule has 0 unspecified atom stereocenters. The fourth-order valence-electron chi connectivity index (χ4n) is 4.55. The number of carboxylic acids is 1. The molecule has 0 radical (unpaired) electrons. The van der Waals surface area contributed by atoms with E-state index in [1.165, 1.54) is 9.47 Å². The first-order valence-corrected chi connectivity index (χ1v) is 12.7. The zero-order valence-electron chi connectivity index (χ0n) is 20.6. The van der Waals surface area contributed by atoms with Gasteiger partial charge in [0.25, 0.3) is 5.91 Å². The number of carbonyl (C=O) groups excluding carboxylic acids is 1. The number of aliphatic carboxylic acids is 1. The summed E-state index contributed by atoms with van der Waals surface area (Å²) in [5, 5.41) is 9.54. The van der Waals surface area contributed by atoms with E-state index >= 15 is 0 Å². The zero-order chi connectivity index (χ0) is 27.7. The van der Waals surface area contributed by atoms with Crippen molar-refractivity contribution in [2.75, 3.05) is 6.54 Å². The number of unbranched alkanes of at least 4 members (excludes halogenated alkanes) is 1. The molecule has 202 valence electrons. The Labute approximate surface area is 226 Å². The molecule has 0 aliphatic carbocycles. The minimum Gasteiger partial charge on any atom is -0.481 e. The lowest BCUT2D eigenvalue weighted by atomic mass is 10.0. The minimum absolute atomic E-state index is 0.0387. The molecule has 0 saturated heterocycles. The summed E-state index contributed by atoms with van der Waals surface area (Å²) in [7, 11) is 0. The van der Waals surface area contributed by atoms with Crippen LogP contribution in [0.3, 0.4) is 0 Å². The first-order valence-electron chi connectivity index (χ1n) is 12.3. The summed E-state index contributed by atoms with van der Waals surface area (Å²) >= 11 is 6.04. The highest BCUT2D eigenvalue weighted by atomic mass is 35.5. The zero-order valence-corrected chi connectivity index (χ0v) is 21.3. The largest absolute Gasteiger partial charge is 0.481 e. The van der Waals surface area contributed by atoms with Crippen molar-refractivity contribution in [2.45, 2.75) is 44.9 Å². The molecule has 0 atom stereocenters. The van der Waals surface area contributed by atoms with E-state index in [1.807, 2.05) is 12.1 Å². The average Bonchev–Trinajstić information content (AvgIpc) is 3.35. The van der Waals surface area contributed by atoms with Crippen LogP contribution in [0.5, 0.6) is 0 Å². The molecule has 0 bridgehead atoms. The first-order chi connectivity index (χ1) is 18.6. The fourth-order valence-corrected chi connectivity index (χ4v) is 4.68. The lowest BCUT2D eigenvalue weighted by Gasteiger charge is -2.27. The maximum atomic E-state index is 13.3. The number of hydrogen-bond donors (Lipinski definition) is 1. The number of benzene rings is 2. The van der Waals surface area contributed by atoms with Gasteiger partial charge in [-0.3, -0.25) is 9.59 Å². The molecule has 8 nitrogen and oxygen atoms in total. The molecule has 12 heteroatoms. The van der Waals surface area contributed by atoms with Crippen LogP contribution in [0.4, 0.5) is 13.2 Å². The van der Waals surface area contributed by atoms with Gasteiger partial charge in [0.15, 0.2) is 5.69 Å². The van der Waals surface area contributed by atoms with Gasteiger partial charge in [-0.2, -0.15) is 13.2 Å². The van der Waals surface area contributed by atoms with E-state index in [-0.39, 0.29) is 37.8 Å².